The Kier molecular flexibility index (Phi) is 5.45. The van der Waals surface area contributed by atoms with E-state index in [2.05, 4.69) is 9.97 Å². The molecule has 0 amide bonds. The molecule has 1 aromatic heterocycles. The summed E-state index contributed by atoms with van der Waals surface area (Å²) in [4.78, 5) is 8.44. The van der Waals surface area contributed by atoms with Crippen LogP contribution >= 0.6 is 11.6 Å². The van der Waals surface area contributed by atoms with Crippen LogP contribution in [0.1, 0.15) is 24.4 Å². The number of rotatable bonds is 4. The number of sulfonamides is 1. The highest BCUT2D eigenvalue weighted by molar-refractivity contribution is 7.89. The van der Waals surface area contributed by atoms with Gasteiger partial charge < -0.3 is 4.74 Å². The predicted molar refractivity (Wildman–Crippen MR) is 95.3 cm³/mol. The number of ether oxygens (including phenoxy) is 1. The van der Waals surface area contributed by atoms with Crippen LogP contribution in [0.5, 0.6) is 5.88 Å². The molecule has 1 saturated heterocycles. The number of halogens is 2. The molecule has 1 fully saturated rings. The summed E-state index contributed by atoms with van der Waals surface area (Å²) in [6.07, 6.45) is 0.957. The summed E-state index contributed by atoms with van der Waals surface area (Å²) in [7, 11) is -3.71. The van der Waals surface area contributed by atoms with Crippen LogP contribution in [0.4, 0.5) is 4.39 Å². The Morgan fingerprint density at radius 3 is 2.50 bits per heavy atom. The lowest BCUT2D eigenvalue weighted by Gasteiger charge is -2.31. The zero-order chi connectivity index (χ0) is 18.9. The van der Waals surface area contributed by atoms with Crippen molar-refractivity contribution < 1.29 is 17.5 Å². The standard InChI is InChI=1S/C17H19ClFN3O3S/c1-11-9-17(21-12(2)20-11)25-13-5-7-22(8-6-13)26(23,24)14-3-4-16(19)15(18)10-14/h3-4,9-10,13H,5-8H2,1-2H3. The molecule has 2 heterocycles. The number of hydrogen-bond acceptors (Lipinski definition) is 5. The summed E-state index contributed by atoms with van der Waals surface area (Å²) < 4.78 is 45.9. The van der Waals surface area contributed by atoms with Gasteiger partial charge in [-0.15, -0.1) is 0 Å². The molecule has 6 nitrogen and oxygen atoms in total. The van der Waals surface area contributed by atoms with Crippen molar-refractivity contribution in [2.45, 2.75) is 37.7 Å². The second-order valence-electron chi connectivity index (χ2n) is 6.19. The van der Waals surface area contributed by atoms with Crippen LogP contribution in [-0.4, -0.2) is 41.9 Å². The van der Waals surface area contributed by atoms with Crippen LogP contribution in [0.2, 0.25) is 5.02 Å². The summed E-state index contributed by atoms with van der Waals surface area (Å²) in [5.74, 6) is 0.489. The molecule has 0 aliphatic carbocycles. The zero-order valence-corrected chi connectivity index (χ0v) is 16.0. The molecule has 0 N–H and O–H groups in total. The van der Waals surface area contributed by atoms with E-state index in [4.69, 9.17) is 16.3 Å². The molecular formula is C17H19ClFN3O3S. The van der Waals surface area contributed by atoms with Crippen molar-refractivity contribution in [1.82, 2.24) is 14.3 Å². The van der Waals surface area contributed by atoms with Crippen molar-refractivity contribution in [3.63, 3.8) is 0 Å². The Balaban J connectivity index is 1.66. The Morgan fingerprint density at radius 2 is 1.88 bits per heavy atom. The quantitative estimate of drug-likeness (QED) is 0.789. The summed E-state index contributed by atoms with van der Waals surface area (Å²) in [5.41, 5.74) is 0.820. The molecule has 2 aromatic rings. The monoisotopic (exact) mass is 399 g/mol. The lowest BCUT2D eigenvalue weighted by atomic mass is 10.1. The van der Waals surface area contributed by atoms with E-state index in [0.29, 0.717) is 37.6 Å². The average molecular weight is 400 g/mol. The highest BCUT2D eigenvalue weighted by Gasteiger charge is 2.30. The molecule has 0 bridgehead atoms. The zero-order valence-electron chi connectivity index (χ0n) is 14.4. The molecule has 0 unspecified atom stereocenters. The Labute approximate surface area is 157 Å². The number of piperidine rings is 1. The van der Waals surface area contributed by atoms with E-state index in [1.54, 1.807) is 13.0 Å². The first kappa shape index (κ1) is 19.0. The lowest BCUT2D eigenvalue weighted by molar-refractivity contribution is 0.129. The van der Waals surface area contributed by atoms with Crippen molar-refractivity contribution >= 4 is 21.6 Å². The molecule has 0 saturated carbocycles. The van der Waals surface area contributed by atoms with Crippen LogP contribution in [0.25, 0.3) is 0 Å². The number of hydrogen-bond donors (Lipinski definition) is 0. The van der Waals surface area contributed by atoms with Gasteiger partial charge in [0.2, 0.25) is 15.9 Å². The molecular weight excluding hydrogens is 381 g/mol. The van der Waals surface area contributed by atoms with Crippen LogP contribution in [0.3, 0.4) is 0 Å². The van der Waals surface area contributed by atoms with Gasteiger partial charge in [-0.25, -0.2) is 17.8 Å². The molecule has 0 atom stereocenters. The van der Waals surface area contributed by atoms with Gasteiger partial charge in [0, 0.05) is 24.8 Å². The maximum absolute atomic E-state index is 13.3. The van der Waals surface area contributed by atoms with Crippen LogP contribution in [-0.2, 0) is 10.0 Å². The van der Waals surface area contributed by atoms with Crippen LogP contribution in [0.15, 0.2) is 29.2 Å². The van der Waals surface area contributed by atoms with Gasteiger partial charge in [-0.2, -0.15) is 9.29 Å². The van der Waals surface area contributed by atoms with Crippen molar-refractivity contribution in [2.75, 3.05) is 13.1 Å². The topological polar surface area (TPSA) is 72.4 Å². The largest absolute Gasteiger partial charge is 0.474 e. The molecule has 9 heteroatoms. The third kappa shape index (κ3) is 4.13. The van der Waals surface area contributed by atoms with E-state index in [1.165, 1.54) is 10.4 Å². The molecule has 26 heavy (non-hydrogen) atoms. The first-order valence-corrected chi connectivity index (χ1v) is 10.0. The normalized spacial score (nSPS) is 16.6. The molecule has 3 rings (SSSR count). The van der Waals surface area contributed by atoms with Crippen molar-refractivity contribution in [3.05, 3.63) is 46.6 Å². The van der Waals surface area contributed by atoms with E-state index in [9.17, 15) is 12.8 Å². The fourth-order valence-electron chi connectivity index (χ4n) is 2.89. The molecule has 0 radical (unpaired) electrons. The Hall–Kier alpha value is -1.77. The van der Waals surface area contributed by atoms with E-state index < -0.39 is 15.8 Å². The van der Waals surface area contributed by atoms with Crippen molar-refractivity contribution in [1.29, 1.82) is 0 Å². The number of benzene rings is 1. The second-order valence-corrected chi connectivity index (χ2v) is 8.54. The fourth-order valence-corrected chi connectivity index (χ4v) is 4.63. The number of aromatic nitrogens is 2. The van der Waals surface area contributed by atoms with Gasteiger partial charge in [0.25, 0.3) is 0 Å². The summed E-state index contributed by atoms with van der Waals surface area (Å²) in [5, 5.41) is -0.209. The minimum absolute atomic E-state index is 0.00896. The van der Waals surface area contributed by atoms with E-state index in [1.807, 2.05) is 6.92 Å². The summed E-state index contributed by atoms with van der Waals surface area (Å²) in [6.45, 7) is 4.28. The number of aryl methyl sites for hydroxylation is 2. The van der Waals surface area contributed by atoms with Gasteiger partial charge in [0.1, 0.15) is 17.7 Å². The molecule has 140 valence electrons. The van der Waals surface area contributed by atoms with Crippen LogP contribution < -0.4 is 4.74 Å². The Bertz CT molecular complexity index is 895. The smallest absolute Gasteiger partial charge is 0.243 e. The second kappa shape index (κ2) is 7.46. The molecule has 1 aromatic carbocycles. The minimum atomic E-state index is -3.71. The summed E-state index contributed by atoms with van der Waals surface area (Å²) in [6, 6.07) is 5.19. The van der Waals surface area contributed by atoms with Gasteiger partial charge in [0.05, 0.1) is 9.92 Å². The van der Waals surface area contributed by atoms with Gasteiger partial charge in [-0.3, -0.25) is 0 Å². The summed E-state index contributed by atoms with van der Waals surface area (Å²) >= 11 is 5.71. The highest BCUT2D eigenvalue weighted by Crippen LogP contribution is 2.26. The predicted octanol–water partition coefficient (Wildman–Crippen LogP) is 3.12. The van der Waals surface area contributed by atoms with Gasteiger partial charge >= 0.3 is 0 Å². The van der Waals surface area contributed by atoms with Gasteiger partial charge in [-0.05, 0) is 44.9 Å². The number of nitrogens with zero attached hydrogens (tertiary/aromatic N) is 3. The molecule has 1 aliphatic rings. The van der Waals surface area contributed by atoms with Gasteiger partial charge in [0.15, 0.2) is 0 Å². The highest BCUT2D eigenvalue weighted by atomic mass is 35.5. The van der Waals surface area contributed by atoms with Gasteiger partial charge in [-0.1, -0.05) is 11.6 Å². The van der Waals surface area contributed by atoms with Crippen molar-refractivity contribution in [2.24, 2.45) is 0 Å². The van der Waals surface area contributed by atoms with E-state index >= 15 is 0 Å². The minimum Gasteiger partial charge on any atom is -0.474 e. The van der Waals surface area contributed by atoms with Crippen molar-refractivity contribution in [3.8, 4) is 5.88 Å². The first-order valence-electron chi connectivity index (χ1n) is 8.20. The van der Waals surface area contributed by atoms with E-state index in [-0.39, 0.29) is 16.0 Å². The maximum Gasteiger partial charge on any atom is 0.243 e. The molecule has 1 aliphatic heterocycles. The molecule has 0 spiro atoms. The van der Waals surface area contributed by atoms with E-state index in [0.717, 1.165) is 17.8 Å². The fraction of sp³-hybridized carbons (Fsp3) is 0.412. The SMILES string of the molecule is Cc1cc(OC2CCN(S(=O)(=O)c3ccc(F)c(Cl)c3)CC2)nc(C)n1. The third-order valence-electron chi connectivity index (χ3n) is 4.16. The van der Waals surface area contributed by atoms with Crippen LogP contribution in [0, 0.1) is 19.7 Å². The third-order valence-corrected chi connectivity index (χ3v) is 6.34. The Morgan fingerprint density at radius 1 is 1.19 bits per heavy atom. The first-order chi connectivity index (χ1) is 12.3. The maximum atomic E-state index is 13.3. The average Bonchev–Trinajstić information content (AvgIpc) is 2.57. The lowest BCUT2D eigenvalue weighted by Crippen LogP contribution is -2.41.